The number of ether oxygens (including phenoxy) is 3. The summed E-state index contributed by atoms with van der Waals surface area (Å²) in [7, 11) is 0. The molecule has 0 saturated heterocycles. The van der Waals surface area contributed by atoms with E-state index in [1.54, 1.807) is 33.8 Å². The lowest BCUT2D eigenvalue weighted by atomic mass is 9.44. The van der Waals surface area contributed by atoms with Gasteiger partial charge in [-0.3, -0.25) is 24.0 Å². The number of halogens is 1. The van der Waals surface area contributed by atoms with Gasteiger partial charge in [0.25, 0.3) is 0 Å². The highest BCUT2D eigenvalue weighted by molar-refractivity contribution is 6.01. The lowest BCUT2D eigenvalue weighted by molar-refractivity contribution is -0.236. The third-order valence-electron chi connectivity index (χ3n) is 10.3. The van der Waals surface area contributed by atoms with E-state index in [1.807, 2.05) is 13.8 Å². The van der Waals surface area contributed by atoms with Crippen molar-refractivity contribution in [3.05, 3.63) is 23.8 Å². The number of carbonyl (C=O) groups excluding carboxylic acids is 5. The van der Waals surface area contributed by atoms with Crippen molar-refractivity contribution in [2.75, 3.05) is 6.61 Å². The van der Waals surface area contributed by atoms with Gasteiger partial charge in [0.2, 0.25) is 5.78 Å². The van der Waals surface area contributed by atoms with Gasteiger partial charge in [-0.25, -0.2) is 4.39 Å². The molecule has 3 fully saturated rings. The van der Waals surface area contributed by atoms with Crippen molar-refractivity contribution in [1.82, 2.24) is 0 Å². The van der Waals surface area contributed by atoms with Crippen molar-refractivity contribution in [2.24, 2.45) is 28.6 Å². The fourth-order valence-corrected chi connectivity index (χ4v) is 8.34. The van der Waals surface area contributed by atoms with Crippen molar-refractivity contribution < 1.29 is 42.6 Å². The van der Waals surface area contributed by atoms with Crippen LogP contribution in [0.25, 0.3) is 0 Å². The van der Waals surface area contributed by atoms with Crippen molar-refractivity contribution in [2.45, 2.75) is 104 Å². The average Bonchev–Trinajstić information content (AvgIpc) is 3.14. The summed E-state index contributed by atoms with van der Waals surface area (Å²) in [6.45, 7) is 9.68. The molecule has 0 spiro atoms. The van der Waals surface area contributed by atoms with E-state index >= 15 is 4.39 Å². The van der Waals surface area contributed by atoms with Gasteiger partial charge in [-0.2, -0.15) is 0 Å². The SMILES string of the molecule is CCC(=O)OCC(=O)[C@@]1(OC(=O)CC)[C@H](C)C[C@@H]2[C@H]3CCC4=CC(=O)C=C[C@]4(C)[C@@]3(F)[C@H](OC(=O)CC)C[C@@]21C. The molecule has 0 radical (unpaired) electrons. The van der Waals surface area contributed by atoms with E-state index in [1.165, 1.54) is 12.2 Å². The molecule has 4 aliphatic rings. The van der Waals surface area contributed by atoms with E-state index in [-0.39, 0.29) is 31.5 Å². The van der Waals surface area contributed by atoms with Crippen LogP contribution in [0.1, 0.15) is 86.5 Å². The molecular weight excluding hydrogens is 519 g/mol. The highest BCUT2D eigenvalue weighted by Gasteiger charge is 2.78. The maximum absolute atomic E-state index is 18.1. The predicted molar refractivity (Wildman–Crippen MR) is 142 cm³/mol. The molecule has 8 atom stereocenters. The van der Waals surface area contributed by atoms with Crippen LogP contribution in [0.4, 0.5) is 4.39 Å². The van der Waals surface area contributed by atoms with Crippen LogP contribution in [0.3, 0.4) is 0 Å². The molecule has 8 nitrogen and oxygen atoms in total. The first-order chi connectivity index (χ1) is 18.7. The van der Waals surface area contributed by atoms with Crippen LogP contribution in [-0.4, -0.2) is 53.5 Å². The number of fused-ring (bicyclic) bond motifs is 5. The molecule has 220 valence electrons. The molecule has 0 amide bonds. The van der Waals surface area contributed by atoms with Crippen LogP contribution in [-0.2, 0) is 38.2 Å². The van der Waals surface area contributed by atoms with Gasteiger partial charge < -0.3 is 14.2 Å². The molecular formula is C31H41FO8. The first kappa shape index (κ1) is 30.1. The highest BCUT2D eigenvalue weighted by atomic mass is 19.1. The molecule has 0 aliphatic heterocycles. The Morgan fingerprint density at radius 1 is 1.00 bits per heavy atom. The quantitative estimate of drug-likeness (QED) is 0.308. The number of rotatable bonds is 8. The number of Topliss-reactive ketones (excluding diaryl/α,β-unsaturated/α-hetero) is 1. The van der Waals surface area contributed by atoms with Gasteiger partial charge >= 0.3 is 17.9 Å². The molecule has 4 rings (SSSR count). The van der Waals surface area contributed by atoms with E-state index in [0.717, 1.165) is 0 Å². The second-order valence-electron chi connectivity index (χ2n) is 12.2. The molecule has 0 aromatic heterocycles. The number of allylic oxidation sites excluding steroid dienone is 4. The maximum Gasteiger partial charge on any atom is 0.306 e. The number of esters is 3. The lowest BCUT2D eigenvalue weighted by Gasteiger charge is -2.63. The first-order valence-corrected chi connectivity index (χ1v) is 14.5. The summed E-state index contributed by atoms with van der Waals surface area (Å²) >= 11 is 0. The Labute approximate surface area is 235 Å². The van der Waals surface area contributed by atoms with Crippen LogP contribution in [0, 0.1) is 28.6 Å². The fraction of sp³-hybridized carbons (Fsp3) is 0.710. The van der Waals surface area contributed by atoms with Gasteiger partial charge in [0.05, 0.1) is 0 Å². The Balaban J connectivity index is 1.88. The molecule has 0 heterocycles. The van der Waals surface area contributed by atoms with E-state index in [4.69, 9.17) is 14.2 Å². The van der Waals surface area contributed by atoms with Gasteiger partial charge in [0, 0.05) is 41.9 Å². The number of ketones is 2. The molecule has 0 bridgehead atoms. The number of carbonyl (C=O) groups is 5. The summed E-state index contributed by atoms with van der Waals surface area (Å²) in [5.41, 5.74) is -5.41. The Kier molecular flexibility index (Phi) is 7.93. The third-order valence-corrected chi connectivity index (χ3v) is 10.3. The fourth-order valence-electron chi connectivity index (χ4n) is 8.34. The molecule has 0 aromatic carbocycles. The monoisotopic (exact) mass is 560 g/mol. The number of hydrogen-bond acceptors (Lipinski definition) is 8. The molecule has 9 heteroatoms. The molecule has 3 saturated carbocycles. The number of hydrogen-bond donors (Lipinski definition) is 0. The summed E-state index contributed by atoms with van der Waals surface area (Å²) in [6.07, 6.45) is 4.49. The second-order valence-corrected chi connectivity index (χ2v) is 12.2. The molecule has 4 aliphatic carbocycles. The van der Waals surface area contributed by atoms with Gasteiger partial charge in [-0.15, -0.1) is 0 Å². The van der Waals surface area contributed by atoms with Gasteiger partial charge in [0.15, 0.2) is 23.7 Å². The normalized spacial score (nSPS) is 39.8. The zero-order chi connectivity index (χ0) is 29.7. The Morgan fingerprint density at radius 2 is 1.65 bits per heavy atom. The third kappa shape index (κ3) is 4.17. The largest absolute Gasteiger partial charge is 0.459 e. The van der Waals surface area contributed by atoms with Crippen molar-refractivity contribution >= 4 is 29.5 Å². The van der Waals surface area contributed by atoms with Crippen molar-refractivity contribution in [3.8, 4) is 0 Å². The summed E-state index contributed by atoms with van der Waals surface area (Å²) in [5.74, 6) is -4.06. The highest BCUT2D eigenvalue weighted by Crippen LogP contribution is 2.72. The smallest absolute Gasteiger partial charge is 0.306 e. The van der Waals surface area contributed by atoms with Crippen LogP contribution in [0.5, 0.6) is 0 Å². The van der Waals surface area contributed by atoms with E-state index in [2.05, 4.69) is 0 Å². The molecule has 40 heavy (non-hydrogen) atoms. The second kappa shape index (κ2) is 10.5. The Hall–Kier alpha value is -2.84. The lowest BCUT2D eigenvalue weighted by Crippen LogP contribution is -2.70. The van der Waals surface area contributed by atoms with Gasteiger partial charge in [-0.1, -0.05) is 46.3 Å². The minimum absolute atomic E-state index is 0.0209. The Morgan fingerprint density at radius 3 is 2.27 bits per heavy atom. The zero-order valence-electron chi connectivity index (χ0n) is 24.3. The topological polar surface area (TPSA) is 113 Å². The maximum atomic E-state index is 18.1. The molecule has 0 N–H and O–H groups in total. The van der Waals surface area contributed by atoms with Gasteiger partial charge in [0.1, 0.15) is 6.10 Å². The summed E-state index contributed by atoms with van der Waals surface area (Å²) < 4.78 is 35.3. The Bertz CT molecular complexity index is 1170. The van der Waals surface area contributed by atoms with Crippen LogP contribution < -0.4 is 0 Å². The van der Waals surface area contributed by atoms with E-state index in [9.17, 15) is 24.0 Å². The minimum Gasteiger partial charge on any atom is -0.459 e. The van der Waals surface area contributed by atoms with Crippen LogP contribution in [0.15, 0.2) is 23.8 Å². The van der Waals surface area contributed by atoms with Crippen LogP contribution in [0.2, 0.25) is 0 Å². The molecule has 0 aromatic rings. The summed E-state index contributed by atoms with van der Waals surface area (Å²) in [4.78, 5) is 63.8. The van der Waals surface area contributed by atoms with Crippen LogP contribution >= 0.6 is 0 Å². The minimum atomic E-state index is -2.06. The summed E-state index contributed by atoms with van der Waals surface area (Å²) in [6, 6.07) is 0. The van der Waals surface area contributed by atoms with E-state index < -0.39 is 76.3 Å². The number of alkyl halides is 1. The van der Waals surface area contributed by atoms with E-state index in [0.29, 0.717) is 24.8 Å². The summed E-state index contributed by atoms with van der Waals surface area (Å²) in [5, 5.41) is 0. The van der Waals surface area contributed by atoms with Crippen molar-refractivity contribution in [3.63, 3.8) is 0 Å². The average molecular weight is 561 g/mol. The predicted octanol–water partition coefficient (Wildman–Crippen LogP) is 4.78. The standard InChI is InChI=1S/C31H41FO8/c1-7-25(35)38-17-23(34)31(40-27(37)9-3)18(4)14-22-21-11-10-19-15-20(33)12-13-28(19,5)30(21,32)24(16-29(22,31)6)39-26(36)8-2/h12-13,15,18,21-22,24H,7-11,14,16-17H2,1-6H3/t18-,21-,22-,24-,28+,29+,30+,31+/m1/s1. The van der Waals surface area contributed by atoms with Gasteiger partial charge in [-0.05, 0) is 50.7 Å². The first-order valence-electron chi connectivity index (χ1n) is 14.5. The zero-order valence-corrected chi connectivity index (χ0v) is 24.3. The molecule has 0 unspecified atom stereocenters. The van der Waals surface area contributed by atoms with Crippen molar-refractivity contribution in [1.29, 1.82) is 0 Å².